The number of carbonyl (C=O) groups is 1. The Morgan fingerprint density at radius 2 is 2.12 bits per heavy atom. The van der Waals surface area contributed by atoms with Gasteiger partial charge in [0.2, 0.25) is 17.6 Å². The van der Waals surface area contributed by atoms with E-state index >= 15 is 0 Å². The summed E-state index contributed by atoms with van der Waals surface area (Å²) < 4.78 is 5.22. The standard InChI is InChI=1S/C19H21N3O2S/c1-2-14(15-6-4-3-5-7-15)12-20-17(23)8-9-18-21-19(22-24-18)16-10-11-25-13-16/h3-7,10-11,13-14H,2,8-9,12H2,1H3,(H,20,23). The second kappa shape index (κ2) is 8.58. The SMILES string of the molecule is CCC(CNC(=O)CCc1nc(-c2ccsc2)no1)c1ccccc1. The molecule has 0 saturated carbocycles. The van der Waals surface area contributed by atoms with Crippen molar-refractivity contribution >= 4 is 17.2 Å². The van der Waals surface area contributed by atoms with Crippen LogP contribution in [0.2, 0.25) is 0 Å². The normalized spacial score (nSPS) is 12.0. The highest BCUT2D eigenvalue weighted by atomic mass is 32.1. The minimum absolute atomic E-state index is 0.00432. The lowest BCUT2D eigenvalue weighted by Gasteiger charge is -2.16. The minimum Gasteiger partial charge on any atom is -0.355 e. The molecule has 25 heavy (non-hydrogen) atoms. The topological polar surface area (TPSA) is 68.0 Å². The smallest absolute Gasteiger partial charge is 0.227 e. The summed E-state index contributed by atoms with van der Waals surface area (Å²) in [6.45, 7) is 2.78. The van der Waals surface area contributed by atoms with Crippen molar-refractivity contribution in [2.45, 2.75) is 32.1 Å². The molecular weight excluding hydrogens is 334 g/mol. The lowest BCUT2D eigenvalue weighted by atomic mass is 9.96. The highest BCUT2D eigenvalue weighted by Crippen LogP contribution is 2.19. The summed E-state index contributed by atoms with van der Waals surface area (Å²) in [6, 6.07) is 12.2. The van der Waals surface area contributed by atoms with Gasteiger partial charge < -0.3 is 9.84 Å². The van der Waals surface area contributed by atoms with Gasteiger partial charge in [0.05, 0.1) is 0 Å². The van der Waals surface area contributed by atoms with Gasteiger partial charge in [-0.2, -0.15) is 16.3 Å². The summed E-state index contributed by atoms with van der Waals surface area (Å²) in [4.78, 5) is 16.4. The Kier molecular flexibility index (Phi) is 5.95. The summed E-state index contributed by atoms with van der Waals surface area (Å²) in [5.74, 6) is 1.40. The van der Waals surface area contributed by atoms with Crippen LogP contribution in [0.5, 0.6) is 0 Å². The van der Waals surface area contributed by atoms with Gasteiger partial charge in [0, 0.05) is 36.2 Å². The van der Waals surface area contributed by atoms with Gasteiger partial charge >= 0.3 is 0 Å². The number of hydrogen-bond acceptors (Lipinski definition) is 5. The molecule has 130 valence electrons. The third-order valence-electron chi connectivity index (χ3n) is 4.12. The van der Waals surface area contributed by atoms with Crippen molar-refractivity contribution in [1.29, 1.82) is 0 Å². The first-order chi connectivity index (χ1) is 12.3. The number of amides is 1. The van der Waals surface area contributed by atoms with Crippen molar-refractivity contribution in [2.24, 2.45) is 0 Å². The maximum atomic E-state index is 12.1. The minimum atomic E-state index is 0.00432. The Labute approximate surface area is 151 Å². The molecule has 0 saturated heterocycles. The lowest BCUT2D eigenvalue weighted by Crippen LogP contribution is -2.28. The van der Waals surface area contributed by atoms with Gasteiger partial charge in [-0.05, 0) is 23.4 Å². The number of hydrogen-bond donors (Lipinski definition) is 1. The van der Waals surface area contributed by atoms with Gasteiger partial charge in [-0.15, -0.1) is 0 Å². The molecule has 0 fully saturated rings. The molecule has 0 aliphatic carbocycles. The number of benzene rings is 1. The van der Waals surface area contributed by atoms with Crippen LogP contribution in [0.3, 0.4) is 0 Å². The number of aryl methyl sites for hydroxylation is 1. The van der Waals surface area contributed by atoms with Gasteiger partial charge in [0.15, 0.2) is 0 Å². The Morgan fingerprint density at radius 3 is 2.84 bits per heavy atom. The maximum absolute atomic E-state index is 12.1. The van der Waals surface area contributed by atoms with Crippen LogP contribution in [0, 0.1) is 0 Å². The van der Waals surface area contributed by atoms with E-state index in [4.69, 9.17) is 4.52 Å². The molecule has 0 aliphatic heterocycles. The third-order valence-corrected chi connectivity index (χ3v) is 4.81. The number of carbonyl (C=O) groups excluding carboxylic acids is 1. The van der Waals surface area contributed by atoms with Crippen LogP contribution in [0.4, 0.5) is 0 Å². The van der Waals surface area contributed by atoms with Crippen LogP contribution >= 0.6 is 11.3 Å². The van der Waals surface area contributed by atoms with Crippen LogP contribution < -0.4 is 5.32 Å². The molecule has 3 aromatic rings. The Balaban J connectivity index is 1.46. The van der Waals surface area contributed by atoms with Crippen LogP contribution in [-0.2, 0) is 11.2 Å². The van der Waals surface area contributed by atoms with Gasteiger partial charge in [0.25, 0.3) is 0 Å². The zero-order chi connectivity index (χ0) is 17.5. The predicted molar refractivity (Wildman–Crippen MR) is 98.4 cm³/mol. The van der Waals surface area contributed by atoms with Gasteiger partial charge in [-0.1, -0.05) is 42.4 Å². The molecule has 0 spiro atoms. The number of rotatable bonds is 8. The number of thiophene rings is 1. The summed E-state index contributed by atoms with van der Waals surface area (Å²) in [5, 5.41) is 10.9. The summed E-state index contributed by atoms with van der Waals surface area (Å²) >= 11 is 1.59. The first-order valence-corrected chi connectivity index (χ1v) is 9.37. The monoisotopic (exact) mass is 355 g/mol. The van der Waals surface area contributed by atoms with Crippen molar-refractivity contribution in [2.75, 3.05) is 6.54 Å². The van der Waals surface area contributed by atoms with E-state index in [1.807, 2.05) is 35.0 Å². The molecule has 0 aliphatic rings. The molecule has 0 radical (unpaired) electrons. The fourth-order valence-electron chi connectivity index (χ4n) is 2.63. The Hall–Kier alpha value is -2.47. The van der Waals surface area contributed by atoms with E-state index in [1.165, 1.54) is 5.56 Å². The average Bonchev–Trinajstić information content (AvgIpc) is 3.33. The molecule has 5 nitrogen and oxygen atoms in total. The molecule has 6 heteroatoms. The van der Waals surface area contributed by atoms with Crippen molar-refractivity contribution in [1.82, 2.24) is 15.5 Å². The molecule has 2 heterocycles. The van der Waals surface area contributed by atoms with E-state index in [0.29, 0.717) is 37.0 Å². The summed E-state index contributed by atoms with van der Waals surface area (Å²) in [6.07, 6.45) is 1.78. The summed E-state index contributed by atoms with van der Waals surface area (Å²) in [5.41, 5.74) is 2.20. The van der Waals surface area contributed by atoms with E-state index in [2.05, 4.69) is 34.5 Å². The van der Waals surface area contributed by atoms with Crippen LogP contribution in [-0.4, -0.2) is 22.6 Å². The van der Waals surface area contributed by atoms with Crippen LogP contribution in [0.15, 0.2) is 51.7 Å². The van der Waals surface area contributed by atoms with E-state index in [9.17, 15) is 4.79 Å². The highest BCUT2D eigenvalue weighted by molar-refractivity contribution is 7.08. The Bertz CT molecular complexity index is 784. The van der Waals surface area contributed by atoms with E-state index in [0.717, 1.165) is 12.0 Å². The molecule has 0 bridgehead atoms. The van der Waals surface area contributed by atoms with Crippen LogP contribution in [0.1, 0.15) is 37.1 Å². The molecule has 1 N–H and O–H groups in total. The average molecular weight is 355 g/mol. The van der Waals surface area contributed by atoms with E-state index in [-0.39, 0.29) is 5.91 Å². The number of nitrogens with one attached hydrogen (secondary N) is 1. The number of aromatic nitrogens is 2. The zero-order valence-corrected chi connectivity index (χ0v) is 15.0. The second-order valence-corrected chi connectivity index (χ2v) is 6.62. The van der Waals surface area contributed by atoms with Crippen molar-refractivity contribution < 1.29 is 9.32 Å². The second-order valence-electron chi connectivity index (χ2n) is 5.84. The fourth-order valence-corrected chi connectivity index (χ4v) is 3.27. The molecule has 3 rings (SSSR count). The van der Waals surface area contributed by atoms with Crippen molar-refractivity contribution in [3.63, 3.8) is 0 Å². The first kappa shape index (κ1) is 17.4. The molecule has 1 unspecified atom stereocenters. The highest BCUT2D eigenvalue weighted by Gasteiger charge is 2.13. The molecule has 1 aromatic carbocycles. The lowest BCUT2D eigenvalue weighted by molar-refractivity contribution is -0.121. The van der Waals surface area contributed by atoms with Gasteiger partial charge in [-0.3, -0.25) is 4.79 Å². The maximum Gasteiger partial charge on any atom is 0.227 e. The van der Waals surface area contributed by atoms with Gasteiger partial charge in [0.1, 0.15) is 0 Å². The Morgan fingerprint density at radius 1 is 1.28 bits per heavy atom. The van der Waals surface area contributed by atoms with Crippen molar-refractivity contribution in [3.8, 4) is 11.4 Å². The predicted octanol–water partition coefficient (Wildman–Crippen LogP) is 4.04. The molecule has 1 atom stereocenters. The molecule has 2 aromatic heterocycles. The van der Waals surface area contributed by atoms with Gasteiger partial charge in [-0.25, -0.2) is 0 Å². The van der Waals surface area contributed by atoms with E-state index in [1.54, 1.807) is 11.3 Å². The molecular formula is C19H21N3O2S. The first-order valence-electron chi connectivity index (χ1n) is 8.43. The molecule has 1 amide bonds. The van der Waals surface area contributed by atoms with Crippen molar-refractivity contribution in [3.05, 3.63) is 58.6 Å². The van der Waals surface area contributed by atoms with Crippen LogP contribution in [0.25, 0.3) is 11.4 Å². The van der Waals surface area contributed by atoms with E-state index < -0.39 is 0 Å². The summed E-state index contributed by atoms with van der Waals surface area (Å²) in [7, 11) is 0. The zero-order valence-electron chi connectivity index (χ0n) is 14.1. The third kappa shape index (κ3) is 4.76. The quantitative estimate of drug-likeness (QED) is 0.662. The number of nitrogens with zero attached hydrogens (tertiary/aromatic N) is 2. The largest absolute Gasteiger partial charge is 0.355 e. The fraction of sp³-hybridized carbons (Fsp3) is 0.316.